The molecule has 0 unspecified atom stereocenters. The second-order valence-corrected chi connectivity index (χ2v) is 8.39. The molecule has 0 aliphatic heterocycles. The Labute approximate surface area is 184 Å². The Morgan fingerprint density at radius 3 is 2.35 bits per heavy atom. The van der Waals surface area contributed by atoms with Crippen LogP contribution < -0.4 is 15.4 Å². The van der Waals surface area contributed by atoms with Gasteiger partial charge in [0.15, 0.2) is 5.11 Å². The number of benzene rings is 2. The van der Waals surface area contributed by atoms with Gasteiger partial charge in [0.1, 0.15) is 0 Å². The maximum atomic E-state index is 12.4. The Balaban J connectivity index is 1.67. The first-order chi connectivity index (χ1) is 14.8. The molecule has 9 nitrogen and oxygen atoms in total. The van der Waals surface area contributed by atoms with Crippen LogP contribution in [0.1, 0.15) is 15.9 Å². The number of nitrogens with zero attached hydrogens (tertiary/aromatic N) is 2. The summed E-state index contributed by atoms with van der Waals surface area (Å²) in [6.45, 7) is 1.87. The lowest BCUT2D eigenvalue weighted by Crippen LogP contribution is -2.20. The predicted octanol–water partition coefficient (Wildman–Crippen LogP) is 3.18. The first-order valence-corrected chi connectivity index (χ1v) is 10.8. The van der Waals surface area contributed by atoms with Crippen molar-refractivity contribution in [2.45, 2.75) is 11.8 Å². The van der Waals surface area contributed by atoms with Crippen molar-refractivity contribution >= 4 is 50.6 Å². The van der Waals surface area contributed by atoms with Crippen LogP contribution in [0.4, 0.5) is 17.3 Å². The summed E-state index contributed by atoms with van der Waals surface area (Å²) in [6, 6.07) is 12.7. The van der Waals surface area contributed by atoms with Crippen molar-refractivity contribution in [1.29, 1.82) is 0 Å². The minimum Gasteiger partial charge on any atom is -0.465 e. The number of sulfonamides is 1. The van der Waals surface area contributed by atoms with Crippen molar-refractivity contribution in [3.05, 3.63) is 72.1 Å². The van der Waals surface area contributed by atoms with Gasteiger partial charge < -0.3 is 15.4 Å². The number of ether oxygens (including phenoxy) is 1. The van der Waals surface area contributed by atoms with Crippen LogP contribution in [-0.4, -0.2) is 36.6 Å². The van der Waals surface area contributed by atoms with E-state index in [0.717, 1.165) is 5.56 Å². The van der Waals surface area contributed by atoms with Gasteiger partial charge in [-0.25, -0.2) is 27.9 Å². The van der Waals surface area contributed by atoms with E-state index in [1.165, 1.54) is 31.6 Å². The normalized spacial score (nSPS) is 10.8. The average Bonchev–Trinajstić information content (AvgIpc) is 2.75. The lowest BCUT2D eigenvalue weighted by Gasteiger charge is -2.14. The minimum atomic E-state index is -3.82. The maximum Gasteiger partial charge on any atom is 0.337 e. The molecule has 1 heterocycles. The molecule has 3 N–H and O–H groups in total. The van der Waals surface area contributed by atoms with Gasteiger partial charge in [-0.1, -0.05) is 6.07 Å². The Bertz CT molecular complexity index is 1200. The van der Waals surface area contributed by atoms with E-state index in [1.54, 1.807) is 36.4 Å². The smallest absolute Gasteiger partial charge is 0.337 e. The van der Waals surface area contributed by atoms with Gasteiger partial charge in [0.05, 0.1) is 17.6 Å². The van der Waals surface area contributed by atoms with Crippen LogP contribution in [0.2, 0.25) is 0 Å². The molecule has 11 heteroatoms. The van der Waals surface area contributed by atoms with Crippen molar-refractivity contribution in [3.63, 3.8) is 0 Å². The highest BCUT2D eigenvalue weighted by atomic mass is 32.2. The molecule has 0 bridgehead atoms. The van der Waals surface area contributed by atoms with Gasteiger partial charge in [-0.05, 0) is 67.2 Å². The molecule has 0 aliphatic rings. The topological polar surface area (TPSA) is 122 Å². The van der Waals surface area contributed by atoms with Gasteiger partial charge in [0.2, 0.25) is 5.95 Å². The highest BCUT2D eigenvalue weighted by Gasteiger charge is 2.15. The molecule has 3 aromatic rings. The fraction of sp³-hybridized carbons (Fsp3) is 0.100. The highest BCUT2D eigenvalue weighted by molar-refractivity contribution is 7.92. The van der Waals surface area contributed by atoms with Gasteiger partial charge >= 0.3 is 5.97 Å². The number of hydrogen-bond donors (Lipinski definition) is 3. The van der Waals surface area contributed by atoms with Crippen LogP contribution in [0, 0.1) is 6.92 Å². The van der Waals surface area contributed by atoms with E-state index in [9.17, 15) is 13.2 Å². The lowest BCUT2D eigenvalue weighted by atomic mass is 10.1. The number of carbonyl (C=O) groups excluding carboxylic acids is 1. The molecule has 1 aromatic heterocycles. The van der Waals surface area contributed by atoms with Gasteiger partial charge in [0.25, 0.3) is 10.0 Å². The number of hydrogen-bond acceptors (Lipinski definition) is 7. The molecule has 0 fully saturated rings. The first kappa shape index (κ1) is 22.1. The number of rotatable bonds is 6. The van der Waals surface area contributed by atoms with Crippen LogP contribution in [0.3, 0.4) is 0 Å². The van der Waals surface area contributed by atoms with E-state index in [2.05, 4.69) is 25.3 Å². The van der Waals surface area contributed by atoms with Gasteiger partial charge in [0, 0.05) is 23.8 Å². The summed E-state index contributed by atoms with van der Waals surface area (Å²) in [6.07, 6.45) is 2.88. The SMILES string of the molecule is COC(=O)c1ccc(C)c(NC(=S)Nc2ccc(S(=O)(=O)Nc3ncccn3)cc2)c1. The fourth-order valence-corrected chi connectivity index (χ4v) is 3.72. The number of carbonyl (C=O) groups is 1. The Kier molecular flexibility index (Phi) is 6.78. The number of esters is 1. The Morgan fingerprint density at radius 1 is 1.03 bits per heavy atom. The zero-order valence-electron chi connectivity index (χ0n) is 16.6. The van der Waals surface area contributed by atoms with Crippen LogP contribution in [0.25, 0.3) is 0 Å². The fourth-order valence-electron chi connectivity index (χ4n) is 2.53. The zero-order chi connectivity index (χ0) is 22.4. The van der Waals surface area contributed by atoms with E-state index >= 15 is 0 Å². The molecule has 31 heavy (non-hydrogen) atoms. The van der Waals surface area contributed by atoms with Crippen molar-refractivity contribution in [2.75, 3.05) is 22.5 Å². The lowest BCUT2D eigenvalue weighted by molar-refractivity contribution is 0.0601. The number of aromatic nitrogens is 2. The third-order valence-electron chi connectivity index (χ3n) is 4.12. The molecule has 0 atom stereocenters. The summed E-state index contributed by atoms with van der Waals surface area (Å²) < 4.78 is 31.9. The van der Waals surface area contributed by atoms with Gasteiger partial charge in [-0.2, -0.15) is 0 Å². The molecule has 0 spiro atoms. The van der Waals surface area contributed by atoms with Crippen molar-refractivity contribution in [3.8, 4) is 0 Å². The van der Waals surface area contributed by atoms with E-state index in [-0.39, 0.29) is 16.0 Å². The summed E-state index contributed by atoms with van der Waals surface area (Å²) in [5.41, 5.74) is 2.50. The van der Waals surface area contributed by atoms with Crippen LogP contribution >= 0.6 is 12.2 Å². The molecule has 0 saturated carbocycles. The Morgan fingerprint density at radius 2 is 1.71 bits per heavy atom. The molecule has 0 aliphatic carbocycles. The molecular weight excluding hydrogens is 438 g/mol. The maximum absolute atomic E-state index is 12.4. The second-order valence-electron chi connectivity index (χ2n) is 6.30. The number of aryl methyl sites for hydroxylation is 1. The Hall–Kier alpha value is -3.57. The standard InChI is InChI=1S/C20H19N5O4S2/c1-13-4-5-14(18(26)29-2)12-17(13)24-20(30)23-15-6-8-16(9-7-15)31(27,28)25-19-21-10-3-11-22-19/h3-12H,1-2H3,(H,21,22,25)(H2,23,24,30). The van der Waals surface area contributed by atoms with Crippen molar-refractivity contribution < 1.29 is 17.9 Å². The van der Waals surface area contributed by atoms with Crippen LogP contribution in [-0.2, 0) is 14.8 Å². The van der Waals surface area contributed by atoms with Gasteiger partial charge in [-0.3, -0.25) is 0 Å². The molecule has 0 amide bonds. The summed E-state index contributed by atoms with van der Waals surface area (Å²) in [5, 5.41) is 6.27. The van der Waals surface area contributed by atoms with Crippen molar-refractivity contribution in [2.24, 2.45) is 0 Å². The predicted molar refractivity (Wildman–Crippen MR) is 122 cm³/mol. The van der Waals surface area contributed by atoms with E-state index < -0.39 is 16.0 Å². The minimum absolute atomic E-state index is 0.0142. The van der Waals surface area contributed by atoms with Crippen LogP contribution in [0.5, 0.6) is 0 Å². The van der Waals surface area contributed by atoms with Crippen LogP contribution in [0.15, 0.2) is 65.8 Å². The summed E-state index contributed by atoms with van der Waals surface area (Å²) in [4.78, 5) is 19.5. The molecule has 160 valence electrons. The summed E-state index contributed by atoms with van der Waals surface area (Å²) in [5.74, 6) is -0.465. The third kappa shape index (κ3) is 5.74. The third-order valence-corrected chi connectivity index (χ3v) is 5.67. The highest BCUT2D eigenvalue weighted by Crippen LogP contribution is 2.19. The second kappa shape index (κ2) is 9.49. The van der Waals surface area contributed by atoms with E-state index in [0.29, 0.717) is 16.9 Å². The molecule has 0 saturated heterocycles. The average molecular weight is 458 g/mol. The number of thiocarbonyl (C=S) groups is 1. The number of methoxy groups -OCH3 is 1. The summed E-state index contributed by atoms with van der Waals surface area (Å²) in [7, 11) is -2.51. The molecule has 0 radical (unpaired) electrons. The summed E-state index contributed by atoms with van der Waals surface area (Å²) >= 11 is 5.32. The quantitative estimate of drug-likeness (QED) is 0.378. The van der Waals surface area contributed by atoms with E-state index in [1.807, 2.05) is 6.92 Å². The monoisotopic (exact) mass is 457 g/mol. The molecule has 2 aromatic carbocycles. The van der Waals surface area contributed by atoms with Crippen molar-refractivity contribution in [1.82, 2.24) is 9.97 Å². The van der Waals surface area contributed by atoms with Gasteiger partial charge in [-0.15, -0.1) is 0 Å². The largest absolute Gasteiger partial charge is 0.465 e. The van der Waals surface area contributed by atoms with E-state index in [4.69, 9.17) is 17.0 Å². The molecular formula is C20H19N5O4S2. The molecule has 3 rings (SSSR count). The number of anilines is 3. The first-order valence-electron chi connectivity index (χ1n) is 8.95. The zero-order valence-corrected chi connectivity index (χ0v) is 18.3. The number of nitrogens with one attached hydrogen (secondary N) is 3.